The third-order valence-corrected chi connectivity index (χ3v) is 8.99. The monoisotopic (exact) mass is 556 g/mol. The number of hydrogen-bond donors (Lipinski definition) is 0. The van der Waals surface area contributed by atoms with E-state index < -0.39 is 27.8 Å². The van der Waals surface area contributed by atoms with Gasteiger partial charge in [0, 0.05) is 43.3 Å². The van der Waals surface area contributed by atoms with Gasteiger partial charge in [0.05, 0.1) is 17.6 Å². The van der Waals surface area contributed by atoms with Gasteiger partial charge in [0.2, 0.25) is 10.0 Å². The van der Waals surface area contributed by atoms with Crippen molar-refractivity contribution in [1.82, 2.24) is 9.21 Å². The van der Waals surface area contributed by atoms with E-state index in [1.165, 1.54) is 22.5 Å². The van der Waals surface area contributed by atoms with E-state index in [4.69, 9.17) is 16.3 Å². The predicted octanol–water partition coefficient (Wildman–Crippen LogP) is 6.04. The molecule has 0 amide bonds. The van der Waals surface area contributed by atoms with Crippen LogP contribution in [0.15, 0.2) is 89.8 Å². The van der Waals surface area contributed by atoms with Crippen molar-refractivity contribution in [1.29, 1.82) is 0 Å². The van der Waals surface area contributed by atoms with Crippen LogP contribution >= 0.6 is 11.6 Å². The Labute approximate surface area is 226 Å². The molecule has 38 heavy (non-hydrogen) atoms. The number of sulfonamides is 1. The summed E-state index contributed by atoms with van der Waals surface area (Å²) in [5.74, 6) is -1.32. The van der Waals surface area contributed by atoms with Gasteiger partial charge >= 0.3 is 0 Å². The van der Waals surface area contributed by atoms with Gasteiger partial charge in [-0.15, -0.1) is 0 Å². The van der Waals surface area contributed by atoms with Gasteiger partial charge < -0.3 is 4.74 Å². The summed E-state index contributed by atoms with van der Waals surface area (Å²) in [5.41, 5.74) is 0.690. The molecule has 4 aromatic rings. The van der Waals surface area contributed by atoms with Crippen molar-refractivity contribution in [3.63, 3.8) is 0 Å². The van der Waals surface area contributed by atoms with E-state index in [9.17, 15) is 17.2 Å². The van der Waals surface area contributed by atoms with E-state index in [2.05, 4.69) is 4.90 Å². The summed E-state index contributed by atoms with van der Waals surface area (Å²) < 4.78 is 62.6. The highest BCUT2D eigenvalue weighted by molar-refractivity contribution is 7.89. The molecule has 5 rings (SSSR count). The van der Waals surface area contributed by atoms with Crippen molar-refractivity contribution in [3.05, 3.63) is 113 Å². The highest BCUT2D eigenvalue weighted by Gasteiger charge is 2.30. The molecule has 0 unspecified atom stereocenters. The first-order chi connectivity index (χ1) is 18.3. The Bertz CT molecular complexity index is 1500. The zero-order chi connectivity index (χ0) is 26.7. The van der Waals surface area contributed by atoms with Crippen LogP contribution < -0.4 is 0 Å². The van der Waals surface area contributed by atoms with Crippen LogP contribution in [0.5, 0.6) is 0 Å². The second-order valence-electron chi connectivity index (χ2n) is 9.27. The molecule has 1 aliphatic rings. The summed E-state index contributed by atoms with van der Waals surface area (Å²) in [7, 11) is -3.64. The van der Waals surface area contributed by atoms with E-state index in [1.807, 2.05) is 42.5 Å². The lowest BCUT2D eigenvalue weighted by Crippen LogP contribution is -2.49. The van der Waals surface area contributed by atoms with Crippen LogP contribution in [0.2, 0.25) is 5.02 Å². The van der Waals surface area contributed by atoms with E-state index in [-0.39, 0.29) is 17.1 Å². The molecule has 0 saturated carbocycles. The molecule has 5 nitrogen and oxygen atoms in total. The molecule has 1 aliphatic heterocycles. The van der Waals surface area contributed by atoms with Crippen molar-refractivity contribution in [3.8, 4) is 0 Å². The maximum atomic E-state index is 14.2. The number of ether oxygens (including phenoxy) is 1. The van der Waals surface area contributed by atoms with Gasteiger partial charge in [0.1, 0.15) is 11.6 Å². The number of halogens is 3. The molecule has 1 heterocycles. The second-order valence-corrected chi connectivity index (χ2v) is 11.6. The van der Waals surface area contributed by atoms with E-state index in [0.717, 1.165) is 16.3 Å². The molecular formula is C29H27ClF2N2O3S. The van der Waals surface area contributed by atoms with Crippen molar-refractivity contribution < 1.29 is 21.9 Å². The van der Waals surface area contributed by atoms with Crippen LogP contribution in [-0.2, 0) is 21.4 Å². The molecule has 0 N–H and O–H groups in total. The van der Waals surface area contributed by atoms with Crippen LogP contribution in [0.1, 0.15) is 17.2 Å². The van der Waals surface area contributed by atoms with Crippen molar-refractivity contribution in [2.75, 3.05) is 32.7 Å². The van der Waals surface area contributed by atoms with Crippen LogP contribution in [0.25, 0.3) is 10.8 Å². The molecule has 198 valence electrons. The quantitative estimate of drug-likeness (QED) is 0.266. The van der Waals surface area contributed by atoms with Gasteiger partial charge in [0.25, 0.3) is 0 Å². The summed E-state index contributed by atoms with van der Waals surface area (Å²) in [5, 5.41) is 2.43. The third-order valence-electron chi connectivity index (χ3n) is 6.85. The number of hydrogen-bond acceptors (Lipinski definition) is 4. The smallest absolute Gasteiger partial charge is 0.243 e. The molecule has 1 atom stereocenters. The lowest BCUT2D eigenvalue weighted by Gasteiger charge is -2.36. The number of benzene rings is 4. The molecule has 0 spiro atoms. The van der Waals surface area contributed by atoms with Crippen molar-refractivity contribution >= 4 is 32.4 Å². The Morgan fingerprint density at radius 1 is 0.816 bits per heavy atom. The maximum absolute atomic E-state index is 14.2. The first-order valence-electron chi connectivity index (χ1n) is 12.3. The van der Waals surface area contributed by atoms with E-state index in [0.29, 0.717) is 37.7 Å². The SMILES string of the molecule is O=S(=O)(c1ccc2ccccc2c1)N1CCN(C[C@H](OCc2c(F)cccc2F)c2ccc(Cl)cc2)CC1. The summed E-state index contributed by atoms with van der Waals surface area (Å²) in [6.07, 6.45) is -0.491. The Kier molecular flexibility index (Phi) is 8.07. The molecular weight excluding hydrogens is 530 g/mol. The third kappa shape index (κ3) is 5.90. The summed E-state index contributed by atoms with van der Waals surface area (Å²) in [6, 6.07) is 23.7. The highest BCUT2D eigenvalue weighted by Crippen LogP contribution is 2.26. The fraction of sp³-hybridized carbons (Fsp3) is 0.241. The lowest BCUT2D eigenvalue weighted by molar-refractivity contribution is 0.00547. The number of fused-ring (bicyclic) bond motifs is 1. The molecule has 1 fully saturated rings. The Hall–Kier alpha value is -2.88. The van der Waals surface area contributed by atoms with Crippen molar-refractivity contribution in [2.45, 2.75) is 17.6 Å². The van der Waals surface area contributed by atoms with Gasteiger partial charge in [-0.2, -0.15) is 4.31 Å². The summed E-state index contributed by atoms with van der Waals surface area (Å²) in [4.78, 5) is 2.38. The first kappa shape index (κ1) is 26.7. The fourth-order valence-corrected chi connectivity index (χ4v) is 6.23. The number of nitrogens with zero attached hydrogens (tertiary/aromatic N) is 2. The molecule has 0 aromatic heterocycles. The normalized spacial score (nSPS) is 16.1. The zero-order valence-electron chi connectivity index (χ0n) is 20.6. The van der Waals surface area contributed by atoms with Gasteiger partial charge in [0.15, 0.2) is 0 Å². The minimum atomic E-state index is -3.64. The van der Waals surface area contributed by atoms with E-state index in [1.54, 1.807) is 24.3 Å². The Morgan fingerprint density at radius 3 is 2.16 bits per heavy atom. The standard InChI is InChI=1S/C29H27ClF2N2O3S/c30-24-11-8-22(9-12-24)29(37-20-26-27(31)6-3-7-28(26)32)19-33-14-16-34(17-15-33)38(35,36)25-13-10-21-4-1-2-5-23(21)18-25/h1-13,18,29H,14-17,19-20H2/t29-/m0/s1. The molecule has 0 radical (unpaired) electrons. The molecule has 0 aliphatic carbocycles. The predicted molar refractivity (Wildman–Crippen MR) is 144 cm³/mol. The average molecular weight is 557 g/mol. The van der Waals surface area contributed by atoms with Crippen LogP contribution in [0.3, 0.4) is 0 Å². The highest BCUT2D eigenvalue weighted by atomic mass is 35.5. The van der Waals surface area contributed by atoms with E-state index >= 15 is 0 Å². The van der Waals surface area contributed by atoms with Gasteiger partial charge in [-0.05, 0) is 52.7 Å². The minimum Gasteiger partial charge on any atom is -0.367 e. The van der Waals surface area contributed by atoms with Gasteiger partial charge in [-0.1, -0.05) is 60.1 Å². The van der Waals surface area contributed by atoms with Crippen molar-refractivity contribution in [2.24, 2.45) is 0 Å². The average Bonchev–Trinajstić information content (AvgIpc) is 2.92. The topological polar surface area (TPSA) is 49.9 Å². The fourth-order valence-electron chi connectivity index (χ4n) is 4.65. The van der Waals surface area contributed by atoms with Gasteiger partial charge in [-0.3, -0.25) is 4.90 Å². The summed E-state index contributed by atoms with van der Waals surface area (Å²) in [6.45, 7) is 1.83. The molecule has 1 saturated heterocycles. The molecule has 0 bridgehead atoms. The molecule has 4 aromatic carbocycles. The lowest BCUT2D eigenvalue weighted by atomic mass is 10.1. The maximum Gasteiger partial charge on any atom is 0.243 e. The summed E-state index contributed by atoms with van der Waals surface area (Å²) >= 11 is 6.05. The van der Waals surface area contributed by atoms with Crippen LogP contribution in [0.4, 0.5) is 8.78 Å². The Morgan fingerprint density at radius 2 is 1.47 bits per heavy atom. The number of rotatable bonds is 8. The van der Waals surface area contributed by atoms with Gasteiger partial charge in [-0.25, -0.2) is 17.2 Å². The second kappa shape index (κ2) is 11.5. The first-order valence-corrected chi connectivity index (χ1v) is 14.1. The number of piperazine rings is 1. The van der Waals surface area contributed by atoms with Crippen LogP contribution in [-0.4, -0.2) is 50.3 Å². The minimum absolute atomic E-state index is 0.127. The van der Waals surface area contributed by atoms with Crippen LogP contribution in [0, 0.1) is 11.6 Å². The zero-order valence-corrected chi connectivity index (χ0v) is 22.1. The Balaban J connectivity index is 1.27. The molecule has 9 heteroatoms. The largest absolute Gasteiger partial charge is 0.367 e.